The molecule has 2 aromatic rings. The van der Waals surface area contributed by atoms with E-state index in [2.05, 4.69) is 52.2 Å². The van der Waals surface area contributed by atoms with Gasteiger partial charge >= 0.3 is 0 Å². The van der Waals surface area contributed by atoms with E-state index in [9.17, 15) is 4.79 Å². The third kappa shape index (κ3) is 3.67. The molecule has 1 aliphatic carbocycles. The van der Waals surface area contributed by atoms with Crippen molar-refractivity contribution in [2.24, 2.45) is 0 Å². The van der Waals surface area contributed by atoms with Crippen LogP contribution in [0.3, 0.4) is 0 Å². The third-order valence-corrected chi connectivity index (χ3v) is 5.44. The first kappa shape index (κ1) is 16.5. The van der Waals surface area contributed by atoms with Crippen molar-refractivity contribution in [1.29, 1.82) is 0 Å². The largest absolute Gasteiger partial charge is 0.296 e. The average molecular weight is 338 g/mol. The first-order valence-electron chi connectivity index (χ1n) is 9.29. The maximum atomic E-state index is 12.3. The van der Waals surface area contributed by atoms with Crippen molar-refractivity contribution in [3.8, 4) is 0 Å². The van der Waals surface area contributed by atoms with Crippen LogP contribution in [0.2, 0.25) is 0 Å². The van der Waals surface area contributed by atoms with Crippen molar-refractivity contribution in [3.05, 3.63) is 63.6 Å². The number of aromatic nitrogens is 2. The molecule has 0 saturated carbocycles. The van der Waals surface area contributed by atoms with Crippen LogP contribution in [-0.2, 0) is 26.1 Å². The van der Waals surface area contributed by atoms with Gasteiger partial charge in [-0.1, -0.05) is 30.3 Å². The quantitative estimate of drug-likeness (QED) is 0.854. The second kappa shape index (κ2) is 7.10. The smallest absolute Gasteiger partial charge is 0.268 e. The van der Waals surface area contributed by atoms with Crippen molar-refractivity contribution in [3.63, 3.8) is 0 Å². The normalized spacial score (nSPS) is 21.4. The zero-order valence-electron chi connectivity index (χ0n) is 14.9. The van der Waals surface area contributed by atoms with E-state index in [4.69, 9.17) is 0 Å². The molecule has 5 nitrogen and oxygen atoms in total. The summed E-state index contributed by atoms with van der Waals surface area (Å²) < 4.78 is 1.66. The summed E-state index contributed by atoms with van der Waals surface area (Å²) in [5.74, 6) is 0. The minimum absolute atomic E-state index is 0.0413. The van der Waals surface area contributed by atoms with E-state index in [-0.39, 0.29) is 5.56 Å². The fourth-order valence-corrected chi connectivity index (χ4v) is 3.98. The number of nitrogens with zero attached hydrogens (tertiary/aromatic N) is 4. The van der Waals surface area contributed by atoms with Gasteiger partial charge in [0, 0.05) is 38.3 Å². The lowest BCUT2D eigenvalue weighted by molar-refractivity contribution is 0.0504. The van der Waals surface area contributed by atoms with E-state index in [1.165, 1.54) is 5.56 Å². The number of fused-ring (bicyclic) bond motifs is 1. The minimum atomic E-state index is 0.0413. The Morgan fingerprint density at radius 3 is 2.80 bits per heavy atom. The number of aryl methyl sites for hydroxylation is 2. The van der Waals surface area contributed by atoms with Crippen LogP contribution in [0.15, 0.2) is 41.2 Å². The number of rotatable bonds is 4. The summed E-state index contributed by atoms with van der Waals surface area (Å²) in [7, 11) is 0. The first-order valence-corrected chi connectivity index (χ1v) is 9.29. The lowest BCUT2D eigenvalue weighted by atomic mass is 10.1. The highest BCUT2D eigenvalue weighted by Crippen LogP contribution is 2.18. The molecule has 0 radical (unpaired) electrons. The predicted octanol–water partition coefficient (Wildman–Crippen LogP) is 1.90. The van der Waals surface area contributed by atoms with E-state index in [0.29, 0.717) is 12.7 Å². The van der Waals surface area contributed by atoms with Gasteiger partial charge in [0.15, 0.2) is 0 Å². The maximum absolute atomic E-state index is 12.3. The molecule has 0 spiro atoms. The van der Waals surface area contributed by atoms with Gasteiger partial charge in [0.1, 0.15) is 0 Å². The minimum Gasteiger partial charge on any atom is -0.296 e. The summed E-state index contributed by atoms with van der Waals surface area (Å²) in [5.41, 5.74) is 3.68. The summed E-state index contributed by atoms with van der Waals surface area (Å²) in [6.45, 7) is 6.87. The van der Waals surface area contributed by atoms with Crippen LogP contribution in [-0.4, -0.2) is 45.3 Å². The van der Waals surface area contributed by atoms with Crippen molar-refractivity contribution < 1.29 is 0 Å². The van der Waals surface area contributed by atoms with Crippen molar-refractivity contribution in [2.45, 2.75) is 45.4 Å². The Morgan fingerprint density at radius 1 is 1.16 bits per heavy atom. The highest BCUT2D eigenvalue weighted by atomic mass is 16.1. The fourth-order valence-electron chi connectivity index (χ4n) is 3.98. The van der Waals surface area contributed by atoms with Crippen molar-refractivity contribution in [1.82, 2.24) is 19.6 Å². The highest BCUT2D eigenvalue weighted by Gasteiger charge is 2.25. The van der Waals surface area contributed by atoms with Crippen LogP contribution in [0.4, 0.5) is 0 Å². The highest BCUT2D eigenvalue weighted by molar-refractivity contribution is 5.22. The van der Waals surface area contributed by atoms with Crippen molar-refractivity contribution in [2.75, 3.05) is 19.6 Å². The Balaban J connectivity index is 1.40. The molecule has 1 aromatic heterocycles. The molecule has 2 aliphatic rings. The van der Waals surface area contributed by atoms with E-state index < -0.39 is 0 Å². The number of hydrogen-bond donors (Lipinski definition) is 0. The molecule has 25 heavy (non-hydrogen) atoms. The summed E-state index contributed by atoms with van der Waals surface area (Å²) in [4.78, 5) is 17.2. The predicted molar refractivity (Wildman–Crippen MR) is 98.4 cm³/mol. The first-order chi connectivity index (χ1) is 12.2. The van der Waals surface area contributed by atoms with Crippen molar-refractivity contribution >= 4 is 0 Å². The standard InChI is InChI=1S/C20H26N4O/c1-16-13-22(14-17-6-3-2-4-7-17)10-11-23(16)15-24-20(25)12-18-8-5-9-19(18)21-24/h2-4,6-7,12,16H,5,8-11,13-15H2,1H3/t16-/m1/s1. The molecule has 1 aromatic carbocycles. The topological polar surface area (TPSA) is 41.4 Å². The molecule has 5 heteroatoms. The van der Waals surface area contributed by atoms with Crippen LogP contribution in [0, 0.1) is 0 Å². The summed E-state index contributed by atoms with van der Waals surface area (Å²) >= 11 is 0. The van der Waals surface area contributed by atoms with Crippen LogP contribution in [0.1, 0.15) is 30.2 Å². The molecule has 4 rings (SSSR count). The molecule has 1 saturated heterocycles. The molecule has 0 amide bonds. The molecule has 2 heterocycles. The molecule has 1 aliphatic heterocycles. The molecular formula is C20H26N4O. The van der Waals surface area contributed by atoms with Crippen LogP contribution < -0.4 is 5.56 Å². The van der Waals surface area contributed by atoms with Crippen LogP contribution >= 0.6 is 0 Å². The van der Waals surface area contributed by atoms with Gasteiger partial charge in [-0.2, -0.15) is 5.10 Å². The Morgan fingerprint density at radius 2 is 2.00 bits per heavy atom. The molecule has 0 N–H and O–H groups in total. The second-order valence-electron chi connectivity index (χ2n) is 7.33. The third-order valence-electron chi connectivity index (χ3n) is 5.44. The lowest BCUT2D eigenvalue weighted by Crippen LogP contribution is -2.52. The Bertz CT molecular complexity index is 786. The van der Waals surface area contributed by atoms with Gasteiger partial charge in [0.25, 0.3) is 5.56 Å². The van der Waals surface area contributed by atoms with Gasteiger partial charge in [0.2, 0.25) is 0 Å². The fraction of sp³-hybridized carbons (Fsp3) is 0.500. The monoisotopic (exact) mass is 338 g/mol. The Labute approximate surface area is 148 Å². The molecule has 0 bridgehead atoms. The Kier molecular flexibility index (Phi) is 4.68. The van der Waals surface area contributed by atoms with E-state index in [1.54, 1.807) is 10.7 Å². The van der Waals surface area contributed by atoms with Crippen LogP contribution in [0.25, 0.3) is 0 Å². The molecule has 1 atom stereocenters. The molecule has 0 unspecified atom stereocenters. The molecule has 132 valence electrons. The SMILES string of the molecule is C[C@@H]1CN(Cc2ccccc2)CCN1Cn1nc2c(cc1=O)CCC2. The van der Waals surface area contributed by atoms with E-state index in [0.717, 1.165) is 56.7 Å². The van der Waals surface area contributed by atoms with Crippen LogP contribution in [0.5, 0.6) is 0 Å². The summed E-state index contributed by atoms with van der Waals surface area (Å²) in [6.07, 6.45) is 3.14. The van der Waals surface area contributed by atoms with Gasteiger partial charge < -0.3 is 0 Å². The number of benzene rings is 1. The van der Waals surface area contributed by atoms with E-state index >= 15 is 0 Å². The zero-order chi connectivity index (χ0) is 17.2. The average Bonchev–Trinajstić information content (AvgIpc) is 3.05. The number of hydrogen-bond acceptors (Lipinski definition) is 4. The maximum Gasteiger partial charge on any atom is 0.268 e. The lowest BCUT2D eigenvalue weighted by Gasteiger charge is -2.39. The molecular weight excluding hydrogens is 312 g/mol. The second-order valence-corrected chi connectivity index (χ2v) is 7.33. The van der Waals surface area contributed by atoms with E-state index in [1.807, 2.05) is 0 Å². The summed E-state index contributed by atoms with van der Waals surface area (Å²) in [6, 6.07) is 12.8. The van der Waals surface area contributed by atoms with Gasteiger partial charge in [-0.05, 0) is 37.3 Å². The Hall–Kier alpha value is -1.98. The number of piperazine rings is 1. The molecule has 1 fully saturated rings. The summed E-state index contributed by atoms with van der Waals surface area (Å²) in [5, 5.41) is 4.62. The van der Waals surface area contributed by atoms with Gasteiger partial charge in [-0.25, -0.2) is 4.68 Å². The van der Waals surface area contributed by atoms with Gasteiger partial charge in [-0.3, -0.25) is 14.6 Å². The van der Waals surface area contributed by atoms with Gasteiger partial charge in [0.05, 0.1) is 12.4 Å². The van der Waals surface area contributed by atoms with Gasteiger partial charge in [-0.15, -0.1) is 0 Å². The zero-order valence-corrected chi connectivity index (χ0v) is 14.9.